The van der Waals surface area contributed by atoms with E-state index in [4.69, 9.17) is 4.42 Å². The Labute approximate surface area is 206 Å². The average molecular weight is 478 g/mol. The van der Waals surface area contributed by atoms with Gasteiger partial charge in [0.2, 0.25) is 11.8 Å². The Balaban J connectivity index is 1.42. The van der Waals surface area contributed by atoms with E-state index in [-0.39, 0.29) is 17.9 Å². The summed E-state index contributed by atoms with van der Waals surface area (Å²) in [6, 6.07) is 9.80. The van der Waals surface area contributed by atoms with Gasteiger partial charge in [-0.2, -0.15) is 5.10 Å². The van der Waals surface area contributed by atoms with Gasteiger partial charge in [-0.05, 0) is 31.5 Å². The summed E-state index contributed by atoms with van der Waals surface area (Å²) in [5.41, 5.74) is 3.05. The minimum Gasteiger partial charge on any atom is -0.438 e. The molecule has 35 heavy (non-hydrogen) atoms. The number of aromatic nitrogens is 3. The van der Waals surface area contributed by atoms with E-state index in [0.29, 0.717) is 30.3 Å². The number of likely N-dealkylation sites (tertiary alicyclic amines) is 1. The van der Waals surface area contributed by atoms with E-state index >= 15 is 0 Å². The zero-order chi connectivity index (χ0) is 24.8. The molecule has 186 valence electrons. The van der Waals surface area contributed by atoms with Crippen molar-refractivity contribution < 1.29 is 14.0 Å². The molecule has 2 aromatic heterocycles. The zero-order valence-corrected chi connectivity index (χ0v) is 20.9. The second-order valence-electron chi connectivity index (χ2n) is 9.45. The molecule has 0 radical (unpaired) electrons. The number of nitrogens with zero attached hydrogens (tertiary/aromatic N) is 4. The molecule has 0 spiro atoms. The summed E-state index contributed by atoms with van der Waals surface area (Å²) in [4.78, 5) is 31.0. The molecule has 1 aromatic carbocycles. The lowest BCUT2D eigenvalue weighted by Crippen LogP contribution is -2.52. The number of hydrogen-bond donors (Lipinski definition) is 1. The number of Topliss-reactive ketones (excluding diaryl/α,β-unsaturated/α-hetero) is 1. The van der Waals surface area contributed by atoms with Crippen LogP contribution in [0.25, 0.3) is 22.6 Å². The van der Waals surface area contributed by atoms with E-state index in [1.807, 2.05) is 56.0 Å². The molecule has 1 saturated heterocycles. The number of amides is 1. The molecule has 1 aliphatic heterocycles. The molecule has 0 bridgehead atoms. The van der Waals surface area contributed by atoms with Crippen molar-refractivity contribution in [3.8, 4) is 22.6 Å². The molecule has 0 saturated carbocycles. The molecule has 0 unspecified atom stereocenters. The Morgan fingerprint density at radius 2 is 1.83 bits per heavy atom. The smallest absolute Gasteiger partial charge is 0.226 e. The van der Waals surface area contributed by atoms with Crippen LogP contribution in [0, 0.1) is 5.92 Å². The fraction of sp³-hybridized carbons (Fsp3) is 0.481. The number of unbranched alkanes of at least 4 members (excludes halogenated alkanes) is 2. The highest BCUT2D eigenvalue weighted by atomic mass is 16.4. The van der Waals surface area contributed by atoms with Gasteiger partial charge in [0.05, 0.1) is 17.8 Å². The fourth-order valence-corrected chi connectivity index (χ4v) is 4.48. The summed E-state index contributed by atoms with van der Waals surface area (Å²) in [5, 5.41) is 7.40. The normalized spacial score (nSPS) is 15.1. The Bertz CT molecular complexity index is 1130. The van der Waals surface area contributed by atoms with E-state index in [0.717, 1.165) is 55.6 Å². The van der Waals surface area contributed by atoms with Crippen LogP contribution < -0.4 is 5.32 Å². The highest BCUT2D eigenvalue weighted by Gasteiger charge is 2.32. The van der Waals surface area contributed by atoms with Crippen molar-refractivity contribution in [2.45, 2.75) is 51.5 Å². The summed E-state index contributed by atoms with van der Waals surface area (Å²) < 4.78 is 7.98. The number of aryl methyl sites for hydroxylation is 1. The summed E-state index contributed by atoms with van der Waals surface area (Å²) in [7, 11) is 3.93. The van der Waals surface area contributed by atoms with Gasteiger partial charge in [0, 0.05) is 44.7 Å². The molecular formula is C27H35N5O3. The molecule has 1 aliphatic rings. The Morgan fingerprint density at radius 1 is 1.09 bits per heavy atom. The first kappa shape index (κ1) is 24.9. The van der Waals surface area contributed by atoms with Crippen molar-refractivity contribution in [2.75, 3.05) is 20.1 Å². The Hall–Kier alpha value is -3.26. The van der Waals surface area contributed by atoms with Crippen LogP contribution in [0.2, 0.25) is 0 Å². The number of hydrogen-bond acceptors (Lipinski definition) is 6. The van der Waals surface area contributed by atoms with E-state index in [1.165, 1.54) is 0 Å². The van der Waals surface area contributed by atoms with E-state index < -0.39 is 0 Å². The van der Waals surface area contributed by atoms with Crippen molar-refractivity contribution in [1.29, 1.82) is 0 Å². The molecule has 3 aromatic rings. The van der Waals surface area contributed by atoms with Crippen molar-refractivity contribution in [3.05, 3.63) is 48.6 Å². The van der Waals surface area contributed by atoms with E-state index in [1.54, 1.807) is 12.4 Å². The first-order chi connectivity index (χ1) is 16.9. The monoisotopic (exact) mass is 477 g/mol. The second kappa shape index (κ2) is 11.4. The first-order valence-corrected chi connectivity index (χ1v) is 12.5. The van der Waals surface area contributed by atoms with Gasteiger partial charge in [-0.1, -0.05) is 44.0 Å². The Kier molecular flexibility index (Phi) is 8.13. The third-order valence-corrected chi connectivity index (χ3v) is 6.70. The minimum atomic E-state index is -0.280. The largest absolute Gasteiger partial charge is 0.438 e. The van der Waals surface area contributed by atoms with Gasteiger partial charge in [-0.3, -0.25) is 14.3 Å². The predicted molar refractivity (Wildman–Crippen MR) is 134 cm³/mol. The van der Waals surface area contributed by atoms with Crippen LogP contribution in [-0.2, 0) is 16.6 Å². The van der Waals surface area contributed by atoms with Crippen LogP contribution in [0.1, 0.15) is 57.4 Å². The van der Waals surface area contributed by atoms with Crippen LogP contribution in [0.3, 0.4) is 0 Å². The SMILES string of the molecule is CCC(=O)CCCCC[C@H](NC(=O)C1CN(C)C1)c1ncc(-c2ccc(-c3ccnn3C)cc2)o1. The number of carbonyl (C=O) groups excluding carboxylic acids is 2. The lowest BCUT2D eigenvalue weighted by Gasteiger charge is -2.35. The molecule has 1 atom stereocenters. The van der Waals surface area contributed by atoms with Gasteiger partial charge in [0.15, 0.2) is 5.76 Å². The quantitative estimate of drug-likeness (QED) is 0.389. The third-order valence-electron chi connectivity index (χ3n) is 6.70. The third kappa shape index (κ3) is 6.25. The van der Waals surface area contributed by atoms with Gasteiger partial charge < -0.3 is 14.6 Å². The number of benzene rings is 1. The van der Waals surface area contributed by atoms with Crippen molar-refractivity contribution in [2.24, 2.45) is 13.0 Å². The van der Waals surface area contributed by atoms with Gasteiger partial charge in [0.25, 0.3) is 0 Å². The summed E-state index contributed by atoms with van der Waals surface area (Å²) in [6.07, 6.45) is 8.16. The lowest BCUT2D eigenvalue weighted by atomic mass is 9.99. The zero-order valence-electron chi connectivity index (χ0n) is 20.9. The van der Waals surface area contributed by atoms with Crippen LogP contribution in [0.5, 0.6) is 0 Å². The molecule has 1 fully saturated rings. The highest BCUT2D eigenvalue weighted by molar-refractivity contribution is 5.80. The van der Waals surface area contributed by atoms with Crippen molar-refractivity contribution in [3.63, 3.8) is 0 Å². The number of rotatable bonds is 12. The van der Waals surface area contributed by atoms with Gasteiger partial charge in [-0.15, -0.1) is 0 Å². The second-order valence-corrected chi connectivity index (χ2v) is 9.45. The maximum absolute atomic E-state index is 12.8. The number of oxazole rings is 1. The van der Waals surface area contributed by atoms with Gasteiger partial charge in [0.1, 0.15) is 11.8 Å². The molecule has 1 N–H and O–H groups in total. The maximum atomic E-state index is 12.8. The molecular weight excluding hydrogens is 442 g/mol. The van der Waals surface area contributed by atoms with Crippen molar-refractivity contribution in [1.82, 2.24) is 25.0 Å². The maximum Gasteiger partial charge on any atom is 0.226 e. The molecule has 8 nitrogen and oxygen atoms in total. The van der Waals surface area contributed by atoms with E-state index in [2.05, 4.69) is 20.3 Å². The summed E-state index contributed by atoms with van der Waals surface area (Å²) in [6.45, 7) is 3.45. The molecule has 3 heterocycles. The van der Waals surface area contributed by atoms with Crippen LogP contribution >= 0.6 is 0 Å². The summed E-state index contributed by atoms with van der Waals surface area (Å²) in [5.74, 6) is 1.57. The molecule has 4 rings (SSSR count). The van der Waals surface area contributed by atoms with Crippen LogP contribution in [0.4, 0.5) is 0 Å². The molecule has 8 heteroatoms. The Morgan fingerprint density at radius 3 is 2.49 bits per heavy atom. The van der Waals surface area contributed by atoms with Crippen molar-refractivity contribution >= 4 is 11.7 Å². The number of nitrogens with one attached hydrogen (secondary N) is 1. The average Bonchev–Trinajstić information content (AvgIpc) is 3.50. The number of ketones is 1. The standard InChI is InChI=1S/C27H35N5O3/c1-4-22(33)8-6-5-7-9-23(30-26(34)21-17-31(2)18-21)27-28-16-25(35-27)20-12-10-19(11-13-20)24-14-15-29-32(24)3/h10-16,21,23H,4-9,17-18H2,1-3H3,(H,30,34)/t23-/m0/s1. The van der Waals surface area contributed by atoms with Crippen LogP contribution in [0.15, 0.2) is 47.1 Å². The predicted octanol–water partition coefficient (Wildman–Crippen LogP) is 4.39. The molecule has 0 aliphatic carbocycles. The number of carbonyl (C=O) groups is 2. The van der Waals surface area contributed by atoms with Gasteiger partial charge in [-0.25, -0.2) is 4.98 Å². The van der Waals surface area contributed by atoms with E-state index in [9.17, 15) is 9.59 Å². The topological polar surface area (TPSA) is 93.3 Å². The fourth-order valence-electron chi connectivity index (χ4n) is 4.48. The first-order valence-electron chi connectivity index (χ1n) is 12.5. The molecule has 1 amide bonds. The van der Waals surface area contributed by atoms with Crippen LogP contribution in [-0.4, -0.2) is 51.5 Å². The lowest BCUT2D eigenvalue weighted by molar-refractivity contribution is -0.130. The highest BCUT2D eigenvalue weighted by Crippen LogP contribution is 2.28. The minimum absolute atomic E-state index is 0.0126. The summed E-state index contributed by atoms with van der Waals surface area (Å²) >= 11 is 0. The van der Waals surface area contributed by atoms with Gasteiger partial charge >= 0.3 is 0 Å².